The molecule has 110 valence electrons. The van der Waals surface area contributed by atoms with Gasteiger partial charge in [-0.05, 0) is 51.7 Å². The SMILES string of the molecule is COC(=O)[C@@H](C)N1c2ccc(C)cc2[C@@H](C)CC1(C)C. The first kappa shape index (κ1) is 14.9. The van der Waals surface area contributed by atoms with Gasteiger partial charge in [-0.2, -0.15) is 0 Å². The van der Waals surface area contributed by atoms with E-state index in [1.807, 2.05) is 6.92 Å². The summed E-state index contributed by atoms with van der Waals surface area (Å²) in [7, 11) is 1.45. The number of ether oxygens (including phenoxy) is 1. The molecule has 0 saturated heterocycles. The number of hydrogen-bond acceptors (Lipinski definition) is 3. The van der Waals surface area contributed by atoms with Crippen molar-refractivity contribution in [3.05, 3.63) is 29.3 Å². The van der Waals surface area contributed by atoms with E-state index in [9.17, 15) is 4.79 Å². The molecule has 0 N–H and O–H groups in total. The van der Waals surface area contributed by atoms with Crippen LogP contribution in [0.1, 0.15) is 51.2 Å². The number of carbonyl (C=O) groups is 1. The van der Waals surface area contributed by atoms with E-state index < -0.39 is 0 Å². The molecule has 0 bridgehead atoms. The number of nitrogens with zero attached hydrogens (tertiary/aromatic N) is 1. The highest BCUT2D eigenvalue weighted by atomic mass is 16.5. The lowest BCUT2D eigenvalue weighted by atomic mass is 9.79. The molecule has 0 saturated carbocycles. The molecular weight excluding hydrogens is 250 g/mol. The summed E-state index contributed by atoms with van der Waals surface area (Å²) >= 11 is 0. The fraction of sp³-hybridized carbons (Fsp3) is 0.588. The minimum absolute atomic E-state index is 0.0602. The Kier molecular flexibility index (Phi) is 3.81. The van der Waals surface area contributed by atoms with Crippen LogP contribution in [-0.4, -0.2) is 24.7 Å². The first-order chi connectivity index (χ1) is 9.27. The Morgan fingerprint density at radius 1 is 1.45 bits per heavy atom. The summed E-state index contributed by atoms with van der Waals surface area (Å²) in [5.41, 5.74) is 3.70. The smallest absolute Gasteiger partial charge is 0.328 e. The third-order valence-corrected chi connectivity index (χ3v) is 4.36. The van der Waals surface area contributed by atoms with Gasteiger partial charge in [-0.1, -0.05) is 24.6 Å². The average Bonchev–Trinajstić information content (AvgIpc) is 2.37. The highest BCUT2D eigenvalue weighted by Gasteiger charge is 2.41. The zero-order chi connectivity index (χ0) is 15.1. The number of aryl methyl sites for hydroxylation is 1. The molecule has 1 aromatic rings. The normalized spacial score (nSPS) is 22.1. The second-order valence-corrected chi connectivity index (χ2v) is 6.55. The van der Waals surface area contributed by atoms with E-state index in [1.165, 1.54) is 18.2 Å². The number of esters is 1. The third kappa shape index (κ3) is 2.41. The Morgan fingerprint density at radius 2 is 2.10 bits per heavy atom. The van der Waals surface area contributed by atoms with Crippen molar-refractivity contribution >= 4 is 11.7 Å². The maximum absolute atomic E-state index is 12.0. The van der Waals surface area contributed by atoms with Crippen LogP contribution in [0.5, 0.6) is 0 Å². The van der Waals surface area contributed by atoms with E-state index in [0.29, 0.717) is 5.92 Å². The van der Waals surface area contributed by atoms with Crippen LogP contribution in [0.4, 0.5) is 5.69 Å². The molecule has 0 aromatic heterocycles. The highest BCUT2D eigenvalue weighted by Crippen LogP contribution is 2.44. The molecule has 2 rings (SSSR count). The molecule has 0 spiro atoms. The van der Waals surface area contributed by atoms with E-state index >= 15 is 0 Å². The van der Waals surface area contributed by atoms with Crippen LogP contribution >= 0.6 is 0 Å². The highest BCUT2D eigenvalue weighted by molar-refractivity contribution is 5.81. The minimum atomic E-state index is -0.274. The van der Waals surface area contributed by atoms with Crippen LogP contribution in [0.2, 0.25) is 0 Å². The standard InChI is InChI=1S/C17H25NO2/c1-11-7-8-15-14(9-11)12(2)10-17(4,5)18(15)13(3)16(19)20-6/h7-9,12-13H,10H2,1-6H3/t12-,13+/m0/s1. The van der Waals surface area contributed by atoms with Gasteiger partial charge in [0.25, 0.3) is 0 Å². The third-order valence-electron chi connectivity index (χ3n) is 4.36. The zero-order valence-corrected chi connectivity index (χ0v) is 13.4. The molecular formula is C17H25NO2. The molecule has 1 aromatic carbocycles. The summed E-state index contributed by atoms with van der Waals surface area (Å²) in [4.78, 5) is 14.2. The second kappa shape index (κ2) is 5.12. The van der Waals surface area contributed by atoms with Crippen molar-refractivity contribution in [1.29, 1.82) is 0 Å². The molecule has 3 nitrogen and oxygen atoms in total. The molecule has 0 fully saturated rings. The van der Waals surface area contributed by atoms with Gasteiger partial charge in [-0.3, -0.25) is 0 Å². The molecule has 1 heterocycles. The molecule has 20 heavy (non-hydrogen) atoms. The van der Waals surface area contributed by atoms with Gasteiger partial charge in [0.05, 0.1) is 7.11 Å². The van der Waals surface area contributed by atoms with Crippen molar-refractivity contribution in [3.8, 4) is 0 Å². The summed E-state index contributed by atoms with van der Waals surface area (Å²) in [5, 5.41) is 0. The Bertz CT molecular complexity index is 522. The molecule has 3 heteroatoms. The number of fused-ring (bicyclic) bond motifs is 1. The van der Waals surface area contributed by atoms with E-state index in [2.05, 4.69) is 50.8 Å². The topological polar surface area (TPSA) is 29.5 Å². The van der Waals surface area contributed by atoms with Crippen molar-refractivity contribution in [2.45, 2.75) is 58.5 Å². The minimum Gasteiger partial charge on any atom is -0.467 e. The molecule has 0 radical (unpaired) electrons. The first-order valence-electron chi connectivity index (χ1n) is 7.25. The van der Waals surface area contributed by atoms with Gasteiger partial charge in [0, 0.05) is 11.2 Å². The fourth-order valence-electron chi connectivity index (χ4n) is 3.58. The van der Waals surface area contributed by atoms with E-state index in [-0.39, 0.29) is 17.6 Å². The number of carbonyl (C=O) groups excluding carboxylic acids is 1. The van der Waals surface area contributed by atoms with Gasteiger partial charge >= 0.3 is 5.97 Å². The van der Waals surface area contributed by atoms with Gasteiger partial charge in [0.15, 0.2) is 0 Å². The Morgan fingerprint density at radius 3 is 2.70 bits per heavy atom. The number of methoxy groups -OCH3 is 1. The quantitative estimate of drug-likeness (QED) is 0.772. The lowest BCUT2D eigenvalue weighted by Gasteiger charge is -2.49. The number of benzene rings is 1. The monoisotopic (exact) mass is 275 g/mol. The molecule has 1 aliphatic rings. The van der Waals surface area contributed by atoms with Crippen molar-refractivity contribution in [1.82, 2.24) is 0 Å². The van der Waals surface area contributed by atoms with Crippen molar-refractivity contribution in [2.75, 3.05) is 12.0 Å². The maximum atomic E-state index is 12.0. The van der Waals surface area contributed by atoms with Crippen molar-refractivity contribution in [3.63, 3.8) is 0 Å². The van der Waals surface area contributed by atoms with Crippen LogP contribution in [0.15, 0.2) is 18.2 Å². The Balaban J connectivity index is 2.54. The van der Waals surface area contributed by atoms with Gasteiger partial charge < -0.3 is 9.64 Å². The lowest BCUT2D eigenvalue weighted by molar-refractivity contribution is -0.142. The number of hydrogen-bond donors (Lipinski definition) is 0. The summed E-state index contributed by atoms with van der Waals surface area (Å²) in [5.74, 6) is 0.320. The summed E-state index contributed by atoms with van der Waals surface area (Å²) in [6.07, 6.45) is 1.03. The molecule has 0 amide bonds. The van der Waals surface area contributed by atoms with Crippen LogP contribution in [0.25, 0.3) is 0 Å². The fourth-order valence-corrected chi connectivity index (χ4v) is 3.58. The lowest BCUT2D eigenvalue weighted by Crippen LogP contribution is -2.55. The summed E-state index contributed by atoms with van der Waals surface area (Å²) < 4.78 is 4.94. The predicted octanol–water partition coefficient (Wildman–Crippen LogP) is 3.65. The van der Waals surface area contributed by atoms with Gasteiger partial charge in [0.2, 0.25) is 0 Å². The molecule has 2 atom stereocenters. The largest absolute Gasteiger partial charge is 0.467 e. The second-order valence-electron chi connectivity index (χ2n) is 6.55. The van der Waals surface area contributed by atoms with E-state index in [1.54, 1.807) is 0 Å². The van der Waals surface area contributed by atoms with E-state index in [0.717, 1.165) is 12.1 Å². The van der Waals surface area contributed by atoms with Crippen LogP contribution < -0.4 is 4.90 Å². The van der Waals surface area contributed by atoms with Gasteiger partial charge in [-0.15, -0.1) is 0 Å². The van der Waals surface area contributed by atoms with Crippen molar-refractivity contribution < 1.29 is 9.53 Å². The molecule has 0 unspecified atom stereocenters. The Hall–Kier alpha value is -1.51. The molecule has 1 aliphatic heterocycles. The van der Waals surface area contributed by atoms with Gasteiger partial charge in [0.1, 0.15) is 6.04 Å². The van der Waals surface area contributed by atoms with Crippen molar-refractivity contribution in [2.24, 2.45) is 0 Å². The van der Waals surface area contributed by atoms with E-state index in [4.69, 9.17) is 4.74 Å². The van der Waals surface area contributed by atoms with Crippen LogP contribution in [0, 0.1) is 6.92 Å². The predicted molar refractivity (Wildman–Crippen MR) is 82.2 cm³/mol. The van der Waals surface area contributed by atoms with Crippen LogP contribution in [0.3, 0.4) is 0 Å². The number of anilines is 1. The zero-order valence-electron chi connectivity index (χ0n) is 13.4. The summed E-state index contributed by atoms with van der Waals surface area (Å²) in [6.45, 7) is 10.7. The average molecular weight is 275 g/mol. The Labute approximate surface area is 121 Å². The van der Waals surface area contributed by atoms with Crippen LogP contribution in [-0.2, 0) is 9.53 Å². The maximum Gasteiger partial charge on any atom is 0.328 e. The van der Waals surface area contributed by atoms with Gasteiger partial charge in [-0.25, -0.2) is 4.79 Å². The number of rotatable bonds is 2. The summed E-state index contributed by atoms with van der Waals surface area (Å²) in [6, 6.07) is 6.22. The first-order valence-corrected chi connectivity index (χ1v) is 7.25. The molecule has 0 aliphatic carbocycles.